The molecule has 1 spiro atoms. The summed E-state index contributed by atoms with van der Waals surface area (Å²) in [6, 6.07) is 4.32. The Kier molecular flexibility index (Phi) is 4.36. The fourth-order valence-corrected chi connectivity index (χ4v) is 5.15. The molecule has 1 aliphatic heterocycles. The van der Waals surface area contributed by atoms with Crippen molar-refractivity contribution in [2.45, 2.75) is 44.3 Å². The van der Waals surface area contributed by atoms with Gasteiger partial charge in [0.25, 0.3) is 0 Å². The molecule has 4 atom stereocenters. The summed E-state index contributed by atoms with van der Waals surface area (Å²) >= 11 is 0. The van der Waals surface area contributed by atoms with Crippen molar-refractivity contribution in [1.29, 1.82) is 10.5 Å². The van der Waals surface area contributed by atoms with Crippen molar-refractivity contribution in [2.24, 2.45) is 17.3 Å². The lowest BCUT2D eigenvalue weighted by molar-refractivity contribution is -0.146. The molecule has 0 aromatic carbocycles. The Bertz CT molecular complexity index is 951. The van der Waals surface area contributed by atoms with Gasteiger partial charge in [0.05, 0.1) is 31.3 Å². The van der Waals surface area contributed by atoms with Gasteiger partial charge in [-0.15, -0.1) is 0 Å². The average molecular weight is 396 g/mol. The number of methoxy groups -OCH3 is 1. The molecule has 8 nitrogen and oxygen atoms in total. The third-order valence-corrected chi connectivity index (χ3v) is 6.57. The first kappa shape index (κ1) is 19.4. The van der Waals surface area contributed by atoms with E-state index < -0.39 is 23.1 Å². The largest absolute Gasteiger partial charge is 0.469 e. The van der Waals surface area contributed by atoms with Crippen LogP contribution in [0, 0.1) is 39.9 Å². The van der Waals surface area contributed by atoms with E-state index in [1.165, 1.54) is 14.0 Å². The molecule has 3 aliphatic carbocycles. The Morgan fingerprint density at radius 1 is 1.31 bits per heavy atom. The quantitative estimate of drug-likeness (QED) is 0.399. The summed E-state index contributed by atoms with van der Waals surface area (Å²) in [6.07, 6.45) is 2.33. The molecule has 4 aliphatic rings. The van der Waals surface area contributed by atoms with Crippen molar-refractivity contribution in [1.82, 2.24) is 0 Å². The zero-order valence-electron chi connectivity index (χ0n) is 16.2. The third-order valence-electron chi connectivity index (χ3n) is 6.57. The minimum absolute atomic E-state index is 0.0318. The molecule has 0 aromatic rings. The van der Waals surface area contributed by atoms with Crippen LogP contribution in [0.2, 0.25) is 0 Å². The zero-order chi connectivity index (χ0) is 21.0. The van der Waals surface area contributed by atoms with Crippen LogP contribution in [0.15, 0.2) is 22.8 Å². The van der Waals surface area contributed by atoms with Crippen LogP contribution in [-0.4, -0.2) is 43.1 Å². The second-order valence-electron chi connectivity index (χ2n) is 8.03. The molecule has 150 valence electrons. The Morgan fingerprint density at radius 2 is 2.03 bits per heavy atom. The van der Waals surface area contributed by atoms with Gasteiger partial charge in [0.2, 0.25) is 0 Å². The van der Waals surface area contributed by atoms with E-state index in [1.807, 2.05) is 0 Å². The Labute approximate surface area is 167 Å². The number of epoxide rings is 1. The van der Waals surface area contributed by atoms with Gasteiger partial charge >= 0.3 is 11.9 Å². The van der Waals surface area contributed by atoms with Gasteiger partial charge in [-0.2, -0.15) is 10.5 Å². The van der Waals surface area contributed by atoms with E-state index in [9.17, 15) is 24.9 Å². The van der Waals surface area contributed by atoms with Gasteiger partial charge < -0.3 is 14.2 Å². The molecule has 1 saturated carbocycles. The first-order valence-corrected chi connectivity index (χ1v) is 9.49. The zero-order valence-corrected chi connectivity index (χ0v) is 16.2. The SMILES string of the molecule is COC(=O)[C@H]1CC=C2[C@@H](C1)C1OC13CC(=O)C(COC(C)=O)=C3CC2(C#N)C#N. The van der Waals surface area contributed by atoms with Crippen LogP contribution in [0.25, 0.3) is 0 Å². The minimum Gasteiger partial charge on any atom is -0.469 e. The second-order valence-corrected chi connectivity index (χ2v) is 8.03. The predicted molar refractivity (Wildman–Crippen MR) is 95.5 cm³/mol. The highest BCUT2D eigenvalue weighted by atomic mass is 16.6. The van der Waals surface area contributed by atoms with Crippen LogP contribution in [0.1, 0.15) is 32.6 Å². The van der Waals surface area contributed by atoms with Crippen molar-refractivity contribution in [3.63, 3.8) is 0 Å². The molecule has 0 bridgehead atoms. The summed E-state index contributed by atoms with van der Waals surface area (Å²) in [5.74, 6) is -1.76. The number of fused-ring (bicyclic) bond motifs is 2. The summed E-state index contributed by atoms with van der Waals surface area (Å²) < 4.78 is 16.0. The molecule has 2 unspecified atom stereocenters. The summed E-state index contributed by atoms with van der Waals surface area (Å²) in [7, 11) is 1.33. The fraction of sp³-hybridized carbons (Fsp3) is 0.571. The van der Waals surface area contributed by atoms with Crippen LogP contribution in [-0.2, 0) is 28.6 Å². The molecule has 1 saturated heterocycles. The Balaban J connectivity index is 1.80. The first-order valence-electron chi connectivity index (χ1n) is 9.49. The van der Waals surface area contributed by atoms with E-state index in [0.29, 0.717) is 29.6 Å². The summed E-state index contributed by atoms with van der Waals surface area (Å²) in [4.78, 5) is 36.0. The number of nitrogens with zero attached hydrogens (tertiary/aromatic N) is 2. The maximum Gasteiger partial charge on any atom is 0.308 e. The van der Waals surface area contributed by atoms with Crippen LogP contribution in [0.3, 0.4) is 0 Å². The topological polar surface area (TPSA) is 130 Å². The van der Waals surface area contributed by atoms with Crippen LogP contribution >= 0.6 is 0 Å². The lowest BCUT2D eigenvalue weighted by atomic mass is 9.68. The number of ether oxygens (including phenoxy) is 3. The van der Waals surface area contributed by atoms with Crippen LogP contribution < -0.4 is 0 Å². The number of ketones is 1. The van der Waals surface area contributed by atoms with Gasteiger partial charge in [-0.05, 0) is 24.0 Å². The molecule has 2 fully saturated rings. The molecule has 0 radical (unpaired) electrons. The van der Waals surface area contributed by atoms with Crippen LogP contribution in [0.5, 0.6) is 0 Å². The third kappa shape index (κ3) is 2.71. The first-order chi connectivity index (χ1) is 13.8. The standard InChI is InChI=1S/C21H20N2O6/c1-11(24)28-8-14-16-6-20(9-22,10-23)15-4-3-12(19(26)27-2)5-13(15)18-21(16,29-18)7-17(14)25/h4,12-13,18H,3,5-8H2,1-2H3/t12-,13+,18?,21?/m0/s1. The molecule has 0 aromatic heterocycles. The highest BCUT2D eigenvalue weighted by molar-refractivity contribution is 6.02. The summed E-state index contributed by atoms with van der Waals surface area (Å²) in [5.41, 5.74) is -0.755. The minimum atomic E-state index is -1.45. The number of hydrogen-bond donors (Lipinski definition) is 0. The highest BCUT2D eigenvalue weighted by Crippen LogP contribution is 2.64. The molecule has 8 heteroatoms. The van der Waals surface area contributed by atoms with Gasteiger partial charge in [-0.3, -0.25) is 14.4 Å². The lowest BCUT2D eigenvalue weighted by Crippen LogP contribution is -2.33. The average Bonchev–Trinajstić information content (AvgIpc) is 3.38. The molecular formula is C21H20N2O6. The number of carbonyl (C=O) groups excluding carboxylic acids is 3. The van der Waals surface area contributed by atoms with E-state index in [0.717, 1.165) is 0 Å². The normalized spacial score (nSPS) is 33.7. The highest BCUT2D eigenvalue weighted by Gasteiger charge is 2.71. The van der Waals surface area contributed by atoms with E-state index >= 15 is 0 Å². The van der Waals surface area contributed by atoms with Crippen molar-refractivity contribution in [3.05, 3.63) is 22.8 Å². The molecule has 0 N–H and O–H groups in total. The van der Waals surface area contributed by atoms with Crippen molar-refractivity contribution in [2.75, 3.05) is 13.7 Å². The van der Waals surface area contributed by atoms with E-state index in [-0.39, 0.29) is 43.0 Å². The smallest absolute Gasteiger partial charge is 0.308 e. The number of rotatable bonds is 3. The van der Waals surface area contributed by atoms with Crippen molar-refractivity contribution >= 4 is 17.7 Å². The maximum atomic E-state index is 12.7. The van der Waals surface area contributed by atoms with Gasteiger partial charge in [-0.1, -0.05) is 6.08 Å². The monoisotopic (exact) mass is 396 g/mol. The number of Topliss-reactive ketones (excluding diaryl/α,β-unsaturated/α-hetero) is 1. The number of nitriles is 2. The fourth-order valence-electron chi connectivity index (χ4n) is 5.15. The van der Waals surface area contributed by atoms with Gasteiger partial charge in [0.1, 0.15) is 12.2 Å². The predicted octanol–water partition coefficient (Wildman–Crippen LogP) is 1.52. The molecule has 1 heterocycles. The van der Waals surface area contributed by atoms with E-state index in [2.05, 4.69) is 12.1 Å². The Hall–Kier alpha value is -2.97. The van der Waals surface area contributed by atoms with Crippen molar-refractivity contribution in [3.8, 4) is 12.1 Å². The molecular weight excluding hydrogens is 376 g/mol. The molecule has 29 heavy (non-hydrogen) atoms. The number of carbonyl (C=O) groups is 3. The number of hydrogen-bond acceptors (Lipinski definition) is 8. The Morgan fingerprint density at radius 3 is 2.66 bits per heavy atom. The van der Waals surface area contributed by atoms with E-state index in [4.69, 9.17) is 14.2 Å². The van der Waals surface area contributed by atoms with Gasteiger partial charge in [-0.25, -0.2) is 0 Å². The van der Waals surface area contributed by atoms with Gasteiger partial charge in [0, 0.05) is 31.3 Å². The van der Waals surface area contributed by atoms with Gasteiger partial charge in [0.15, 0.2) is 11.2 Å². The number of allylic oxidation sites excluding steroid dienone is 1. The number of esters is 2. The molecule has 4 rings (SSSR count). The summed E-state index contributed by atoms with van der Waals surface area (Å²) in [6.45, 7) is 1.06. The van der Waals surface area contributed by atoms with E-state index in [1.54, 1.807) is 6.08 Å². The maximum absolute atomic E-state index is 12.7. The second kappa shape index (κ2) is 6.53. The van der Waals surface area contributed by atoms with Crippen molar-refractivity contribution < 1.29 is 28.6 Å². The summed E-state index contributed by atoms with van der Waals surface area (Å²) in [5, 5.41) is 20.0. The van der Waals surface area contributed by atoms with Crippen LogP contribution in [0.4, 0.5) is 0 Å². The lowest BCUT2D eigenvalue weighted by Gasteiger charge is -2.32. The molecule has 0 amide bonds.